The molecule has 1 aliphatic heterocycles. The summed E-state index contributed by atoms with van der Waals surface area (Å²) in [6.45, 7) is 2.66. The zero-order chi connectivity index (χ0) is 17.2. The van der Waals surface area contributed by atoms with Crippen LogP contribution in [0.4, 0.5) is 5.82 Å². The number of imidazole rings is 1. The average molecular weight is 345 g/mol. The van der Waals surface area contributed by atoms with E-state index in [1.54, 1.807) is 6.92 Å². The van der Waals surface area contributed by atoms with Gasteiger partial charge in [0.15, 0.2) is 5.82 Å². The second kappa shape index (κ2) is 6.93. The molecule has 1 fully saturated rings. The average Bonchev–Trinajstić information content (AvgIpc) is 2.86. The zero-order valence-corrected chi connectivity index (χ0v) is 14.5. The molecule has 130 valence electrons. The third kappa shape index (κ3) is 4.06. The summed E-state index contributed by atoms with van der Waals surface area (Å²) in [7, 11) is 0.567. The molecule has 1 aromatic heterocycles. The number of hydrogen-bond donors (Lipinski definition) is 0. The third-order valence-electron chi connectivity index (χ3n) is 4.34. The first kappa shape index (κ1) is 17.8. The lowest BCUT2D eigenvalue weighted by molar-refractivity contribution is -0.392. The van der Waals surface area contributed by atoms with Crippen LogP contribution in [0.5, 0.6) is 0 Å². The quantitative estimate of drug-likeness (QED) is 0.548. The van der Waals surface area contributed by atoms with Crippen LogP contribution in [-0.2, 0) is 16.6 Å². The predicted octanol–water partition coefficient (Wildman–Crippen LogP) is 0.456. The molecule has 0 spiro atoms. The Bertz CT molecular complexity index is 662. The third-order valence-corrected chi connectivity index (χ3v) is 6.19. The van der Waals surface area contributed by atoms with E-state index in [-0.39, 0.29) is 18.1 Å². The predicted molar refractivity (Wildman–Crippen MR) is 85.7 cm³/mol. The number of sulfonamides is 1. The van der Waals surface area contributed by atoms with E-state index in [9.17, 15) is 18.5 Å². The van der Waals surface area contributed by atoms with Crippen LogP contribution in [0.3, 0.4) is 0 Å². The first-order chi connectivity index (χ1) is 10.7. The molecular weight excluding hydrogens is 322 g/mol. The molecule has 1 aromatic rings. The van der Waals surface area contributed by atoms with Gasteiger partial charge in [-0.2, -0.15) is 0 Å². The molecule has 1 aliphatic rings. The van der Waals surface area contributed by atoms with Gasteiger partial charge in [0.2, 0.25) is 10.0 Å². The highest BCUT2D eigenvalue weighted by molar-refractivity contribution is 7.89. The SMILES string of the molecule is Cc1ncc([N+](=O)[O-])n1CCS(=O)(=O)N1CCC(N(C)C)CC1. The number of rotatable bonds is 6. The van der Waals surface area contributed by atoms with Crippen molar-refractivity contribution >= 4 is 15.8 Å². The molecule has 0 aliphatic carbocycles. The largest absolute Gasteiger partial charge is 0.358 e. The van der Waals surface area contributed by atoms with Crippen molar-refractivity contribution in [3.63, 3.8) is 0 Å². The van der Waals surface area contributed by atoms with Gasteiger partial charge in [-0.05, 0) is 31.9 Å². The van der Waals surface area contributed by atoms with Gasteiger partial charge in [-0.1, -0.05) is 0 Å². The Morgan fingerprint density at radius 1 is 1.39 bits per heavy atom. The summed E-state index contributed by atoms with van der Waals surface area (Å²) in [5.41, 5.74) is 0. The lowest BCUT2D eigenvalue weighted by Crippen LogP contribution is -2.45. The van der Waals surface area contributed by atoms with E-state index >= 15 is 0 Å². The Labute approximate surface area is 136 Å². The van der Waals surface area contributed by atoms with E-state index < -0.39 is 14.9 Å². The molecule has 9 nitrogen and oxygen atoms in total. The van der Waals surface area contributed by atoms with Gasteiger partial charge in [0.1, 0.15) is 18.5 Å². The molecule has 0 N–H and O–H groups in total. The van der Waals surface area contributed by atoms with Crippen molar-refractivity contribution in [1.29, 1.82) is 0 Å². The van der Waals surface area contributed by atoms with Gasteiger partial charge >= 0.3 is 5.82 Å². The van der Waals surface area contributed by atoms with Crippen molar-refractivity contribution in [3.8, 4) is 0 Å². The van der Waals surface area contributed by atoms with Crippen LogP contribution in [0.25, 0.3) is 0 Å². The smallest absolute Gasteiger partial charge is 0.342 e. The highest BCUT2D eigenvalue weighted by atomic mass is 32.2. The summed E-state index contributed by atoms with van der Waals surface area (Å²) in [5.74, 6) is 0.111. The maximum Gasteiger partial charge on any atom is 0.342 e. The fourth-order valence-electron chi connectivity index (χ4n) is 2.85. The normalized spacial score (nSPS) is 17.7. The molecule has 1 saturated heterocycles. The topological polar surface area (TPSA) is 102 Å². The second-order valence-electron chi connectivity index (χ2n) is 5.98. The Morgan fingerprint density at radius 2 is 2.00 bits per heavy atom. The monoisotopic (exact) mass is 345 g/mol. The number of piperidine rings is 1. The second-order valence-corrected chi connectivity index (χ2v) is 8.07. The summed E-state index contributed by atoms with van der Waals surface area (Å²) in [5, 5.41) is 10.9. The molecule has 0 saturated carbocycles. The van der Waals surface area contributed by atoms with Gasteiger partial charge in [0.25, 0.3) is 0 Å². The summed E-state index contributed by atoms with van der Waals surface area (Å²) in [6.07, 6.45) is 2.76. The van der Waals surface area contributed by atoms with Crippen molar-refractivity contribution < 1.29 is 13.3 Å². The molecule has 2 heterocycles. The molecule has 0 radical (unpaired) electrons. The first-order valence-electron chi connectivity index (χ1n) is 7.53. The highest BCUT2D eigenvalue weighted by Crippen LogP contribution is 2.19. The molecule has 0 aromatic carbocycles. The molecule has 0 atom stereocenters. The van der Waals surface area contributed by atoms with E-state index in [1.165, 1.54) is 8.87 Å². The van der Waals surface area contributed by atoms with Gasteiger partial charge in [-0.15, -0.1) is 0 Å². The van der Waals surface area contributed by atoms with Crippen LogP contribution in [0.1, 0.15) is 18.7 Å². The van der Waals surface area contributed by atoms with Gasteiger partial charge in [0, 0.05) is 26.1 Å². The summed E-state index contributed by atoms with van der Waals surface area (Å²) in [4.78, 5) is 16.4. The zero-order valence-electron chi connectivity index (χ0n) is 13.7. The molecule has 0 bridgehead atoms. The van der Waals surface area contributed by atoms with Crippen LogP contribution in [0.15, 0.2) is 6.20 Å². The highest BCUT2D eigenvalue weighted by Gasteiger charge is 2.30. The van der Waals surface area contributed by atoms with Gasteiger partial charge in [-0.25, -0.2) is 22.3 Å². The molecule has 2 rings (SSSR count). The van der Waals surface area contributed by atoms with Crippen molar-refractivity contribution in [2.75, 3.05) is 32.9 Å². The molecular formula is C13H23N5O4S. The fourth-order valence-corrected chi connectivity index (χ4v) is 4.29. The molecule has 0 unspecified atom stereocenters. The van der Waals surface area contributed by atoms with Gasteiger partial charge in [-0.3, -0.25) is 0 Å². The maximum atomic E-state index is 12.5. The lowest BCUT2D eigenvalue weighted by Gasteiger charge is -2.34. The van der Waals surface area contributed by atoms with Crippen molar-refractivity contribution in [1.82, 2.24) is 18.8 Å². The standard InChI is InChI=1S/C13H23N5O4S/c1-11-14-10-13(18(19)20)17(11)8-9-23(21,22)16-6-4-12(5-7-16)15(2)3/h10,12H,4-9H2,1-3H3. The van der Waals surface area contributed by atoms with E-state index in [1.807, 2.05) is 14.1 Å². The van der Waals surface area contributed by atoms with Crippen LogP contribution in [-0.4, -0.2) is 71.1 Å². The van der Waals surface area contributed by atoms with E-state index in [0.717, 1.165) is 19.0 Å². The Kier molecular flexibility index (Phi) is 5.37. The number of nitrogens with zero attached hydrogens (tertiary/aromatic N) is 5. The summed E-state index contributed by atoms with van der Waals surface area (Å²) < 4.78 is 27.7. The van der Waals surface area contributed by atoms with Crippen LogP contribution in [0, 0.1) is 17.0 Å². The van der Waals surface area contributed by atoms with E-state index in [0.29, 0.717) is 25.0 Å². The summed E-state index contributed by atoms with van der Waals surface area (Å²) >= 11 is 0. The number of hydrogen-bond acceptors (Lipinski definition) is 6. The Balaban J connectivity index is 2.00. The van der Waals surface area contributed by atoms with Crippen LogP contribution < -0.4 is 0 Å². The minimum absolute atomic E-state index is 0.0398. The van der Waals surface area contributed by atoms with Gasteiger partial charge in [0.05, 0.1) is 0 Å². The minimum Gasteiger partial charge on any atom is -0.358 e. The lowest BCUT2D eigenvalue weighted by atomic mass is 10.1. The number of aryl methyl sites for hydroxylation is 1. The molecule has 23 heavy (non-hydrogen) atoms. The van der Waals surface area contributed by atoms with Gasteiger partial charge < -0.3 is 15.0 Å². The van der Waals surface area contributed by atoms with Crippen LogP contribution in [0.2, 0.25) is 0 Å². The molecule has 0 amide bonds. The molecule has 10 heteroatoms. The first-order valence-corrected chi connectivity index (χ1v) is 9.14. The van der Waals surface area contributed by atoms with Crippen LogP contribution >= 0.6 is 0 Å². The minimum atomic E-state index is -3.42. The number of nitro groups is 1. The van der Waals surface area contributed by atoms with Crippen molar-refractivity contribution in [2.45, 2.75) is 32.4 Å². The van der Waals surface area contributed by atoms with Crippen molar-refractivity contribution in [2.24, 2.45) is 0 Å². The maximum absolute atomic E-state index is 12.5. The Hall–Kier alpha value is -1.52. The Morgan fingerprint density at radius 3 is 2.52 bits per heavy atom. The summed E-state index contributed by atoms with van der Waals surface area (Å²) in [6, 6.07) is 0.401. The van der Waals surface area contributed by atoms with E-state index in [2.05, 4.69) is 9.88 Å². The number of aromatic nitrogens is 2. The van der Waals surface area contributed by atoms with E-state index in [4.69, 9.17) is 0 Å². The van der Waals surface area contributed by atoms with Crippen molar-refractivity contribution in [3.05, 3.63) is 22.1 Å². The fraction of sp³-hybridized carbons (Fsp3) is 0.769.